The molecule has 0 bridgehead atoms. The Morgan fingerprint density at radius 1 is 1.41 bits per heavy atom. The maximum absolute atomic E-state index is 13.0. The van der Waals surface area contributed by atoms with Gasteiger partial charge in [0, 0.05) is 19.2 Å². The van der Waals surface area contributed by atoms with Crippen molar-refractivity contribution in [2.45, 2.75) is 26.1 Å². The van der Waals surface area contributed by atoms with Crippen LogP contribution in [0.2, 0.25) is 5.02 Å². The molecule has 1 aromatic carbocycles. The van der Waals surface area contributed by atoms with Gasteiger partial charge in [0.15, 0.2) is 11.8 Å². The van der Waals surface area contributed by atoms with Gasteiger partial charge in [0.2, 0.25) is 5.75 Å². The molecule has 29 heavy (non-hydrogen) atoms. The van der Waals surface area contributed by atoms with E-state index in [1.807, 2.05) is 0 Å². The molecule has 1 aromatic heterocycles. The van der Waals surface area contributed by atoms with E-state index in [-0.39, 0.29) is 18.1 Å². The predicted octanol–water partition coefficient (Wildman–Crippen LogP) is 4.12. The Kier molecular flexibility index (Phi) is 6.57. The normalized spacial score (nSPS) is 12.4. The van der Waals surface area contributed by atoms with E-state index in [4.69, 9.17) is 25.8 Å². The molecule has 1 heterocycles. The van der Waals surface area contributed by atoms with Gasteiger partial charge >= 0.3 is 17.8 Å². The number of aromatic nitrogens is 2. The predicted molar refractivity (Wildman–Crippen MR) is 93.1 cm³/mol. The Balaban J connectivity index is 2.36. The lowest BCUT2D eigenvalue weighted by atomic mass is 10.2. The van der Waals surface area contributed by atoms with Crippen LogP contribution in [0.25, 0.3) is 0 Å². The zero-order valence-corrected chi connectivity index (χ0v) is 16.1. The van der Waals surface area contributed by atoms with Crippen LogP contribution < -0.4 is 9.47 Å². The van der Waals surface area contributed by atoms with Crippen molar-refractivity contribution in [3.8, 4) is 17.4 Å². The van der Waals surface area contributed by atoms with Gasteiger partial charge in [0.25, 0.3) is 5.88 Å². The van der Waals surface area contributed by atoms with Crippen molar-refractivity contribution in [1.82, 2.24) is 9.78 Å². The number of nitro benzene ring substituents is 1. The standard InChI is InChI=1S/C16H15ClF3N3O6/c1-4-27-15(24)8(2)28-11-7-9(5-6-10(11)23(25)26)29-14-12(17)13(16(18,19)20)22(3)21-14/h5-8H,4H2,1-3H3/t8-/m0/s1. The molecule has 0 spiro atoms. The van der Waals surface area contributed by atoms with Gasteiger partial charge in [0.05, 0.1) is 11.5 Å². The van der Waals surface area contributed by atoms with Crippen molar-refractivity contribution < 1.29 is 37.1 Å². The maximum atomic E-state index is 13.0. The van der Waals surface area contributed by atoms with Crippen LogP contribution in [0.1, 0.15) is 19.5 Å². The second kappa shape index (κ2) is 8.55. The third kappa shape index (κ3) is 5.08. The van der Waals surface area contributed by atoms with Gasteiger partial charge in [-0.3, -0.25) is 14.8 Å². The summed E-state index contributed by atoms with van der Waals surface area (Å²) in [5.41, 5.74) is -1.71. The monoisotopic (exact) mass is 437 g/mol. The number of benzene rings is 1. The number of aryl methyl sites for hydroxylation is 1. The molecule has 0 aliphatic rings. The number of hydrogen-bond acceptors (Lipinski definition) is 7. The number of halogens is 4. The topological polar surface area (TPSA) is 106 Å². The number of esters is 1. The molecule has 1 atom stereocenters. The van der Waals surface area contributed by atoms with Gasteiger partial charge in [-0.15, -0.1) is 5.10 Å². The summed E-state index contributed by atoms with van der Waals surface area (Å²) in [6, 6.07) is 3.16. The molecule has 0 saturated heterocycles. The summed E-state index contributed by atoms with van der Waals surface area (Å²) in [6.45, 7) is 2.98. The molecule has 0 aliphatic heterocycles. The van der Waals surface area contributed by atoms with Gasteiger partial charge in [-0.25, -0.2) is 4.79 Å². The molecule has 0 fully saturated rings. The van der Waals surface area contributed by atoms with E-state index in [0.717, 1.165) is 25.2 Å². The van der Waals surface area contributed by atoms with Crippen LogP contribution in [0.4, 0.5) is 18.9 Å². The van der Waals surface area contributed by atoms with Crippen LogP contribution in [-0.2, 0) is 22.8 Å². The molecule has 0 saturated carbocycles. The van der Waals surface area contributed by atoms with E-state index in [0.29, 0.717) is 4.68 Å². The summed E-state index contributed by atoms with van der Waals surface area (Å²) in [7, 11) is 1.03. The van der Waals surface area contributed by atoms with Crippen LogP contribution in [0.15, 0.2) is 18.2 Å². The molecule has 2 aromatic rings. The highest BCUT2D eigenvalue weighted by molar-refractivity contribution is 6.32. The molecule has 0 N–H and O–H groups in total. The number of carbonyl (C=O) groups is 1. The number of ether oxygens (including phenoxy) is 3. The van der Waals surface area contributed by atoms with Crippen LogP contribution >= 0.6 is 11.6 Å². The molecule has 9 nitrogen and oxygen atoms in total. The lowest BCUT2D eigenvalue weighted by Crippen LogP contribution is -2.26. The first-order chi connectivity index (χ1) is 13.5. The summed E-state index contributed by atoms with van der Waals surface area (Å²) >= 11 is 5.72. The highest BCUT2D eigenvalue weighted by Gasteiger charge is 2.39. The maximum Gasteiger partial charge on any atom is 0.434 e. The van der Waals surface area contributed by atoms with E-state index in [9.17, 15) is 28.1 Å². The van der Waals surface area contributed by atoms with Crippen molar-refractivity contribution in [2.24, 2.45) is 7.05 Å². The highest BCUT2D eigenvalue weighted by Crippen LogP contribution is 2.41. The molecular formula is C16H15ClF3N3O6. The average molecular weight is 438 g/mol. The molecular weight excluding hydrogens is 423 g/mol. The molecule has 0 aliphatic carbocycles. The van der Waals surface area contributed by atoms with Gasteiger partial charge in [-0.2, -0.15) is 13.2 Å². The van der Waals surface area contributed by atoms with E-state index in [2.05, 4.69) is 5.10 Å². The average Bonchev–Trinajstić information content (AvgIpc) is 2.88. The van der Waals surface area contributed by atoms with Gasteiger partial charge in [-0.05, 0) is 19.9 Å². The zero-order chi connectivity index (χ0) is 21.9. The summed E-state index contributed by atoms with van der Waals surface area (Å²) in [5.74, 6) is -1.80. The minimum absolute atomic E-state index is 0.0808. The lowest BCUT2D eigenvalue weighted by molar-refractivity contribution is -0.386. The van der Waals surface area contributed by atoms with Crippen LogP contribution in [0.5, 0.6) is 17.4 Å². The summed E-state index contributed by atoms with van der Waals surface area (Å²) < 4.78 is 54.8. The van der Waals surface area contributed by atoms with Crippen LogP contribution in [-0.4, -0.2) is 33.4 Å². The summed E-state index contributed by atoms with van der Waals surface area (Å²) in [5, 5.41) is 14.0. The Labute approximate surface area is 167 Å². The fourth-order valence-electron chi connectivity index (χ4n) is 2.26. The van der Waals surface area contributed by atoms with Gasteiger partial charge in [-0.1, -0.05) is 11.6 Å². The third-order valence-electron chi connectivity index (χ3n) is 3.49. The molecule has 0 unspecified atom stereocenters. The number of nitro groups is 1. The number of hydrogen-bond donors (Lipinski definition) is 0. The zero-order valence-electron chi connectivity index (χ0n) is 15.3. The second-order valence-electron chi connectivity index (χ2n) is 5.59. The Morgan fingerprint density at radius 2 is 2.07 bits per heavy atom. The quantitative estimate of drug-likeness (QED) is 0.364. The van der Waals surface area contributed by atoms with E-state index in [1.54, 1.807) is 6.92 Å². The fraction of sp³-hybridized carbons (Fsp3) is 0.375. The van der Waals surface area contributed by atoms with E-state index >= 15 is 0 Å². The fourth-order valence-corrected chi connectivity index (χ4v) is 2.57. The Morgan fingerprint density at radius 3 is 2.59 bits per heavy atom. The Hall–Kier alpha value is -3.02. The van der Waals surface area contributed by atoms with Gasteiger partial charge < -0.3 is 14.2 Å². The number of nitrogens with zero attached hydrogens (tertiary/aromatic N) is 3. The SMILES string of the molecule is CCOC(=O)[C@H](C)Oc1cc(Oc2nn(C)c(C(F)(F)F)c2Cl)ccc1[N+](=O)[O-]. The molecule has 0 radical (unpaired) electrons. The van der Waals surface area contributed by atoms with Crippen molar-refractivity contribution in [3.63, 3.8) is 0 Å². The second-order valence-corrected chi connectivity index (χ2v) is 5.97. The number of alkyl halides is 3. The minimum atomic E-state index is -4.76. The van der Waals surface area contributed by atoms with Crippen LogP contribution in [0.3, 0.4) is 0 Å². The van der Waals surface area contributed by atoms with E-state index in [1.165, 1.54) is 6.92 Å². The first-order valence-electron chi connectivity index (χ1n) is 8.05. The van der Waals surface area contributed by atoms with Crippen LogP contribution in [0, 0.1) is 10.1 Å². The van der Waals surface area contributed by atoms with Crippen molar-refractivity contribution in [3.05, 3.63) is 39.0 Å². The number of carbonyl (C=O) groups excluding carboxylic acids is 1. The largest absolute Gasteiger partial charge is 0.472 e. The molecule has 13 heteroatoms. The Bertz CT molecular complexity index is 931. The van der Waals surface area contributed by atoms with Crippen molar-refractivity contribution >= 4 is 23.3 Å². The first kappa shape index (κ1) is 22.3. The molecule has 158 valence electrons. The lowest BCUT2D eigenvalue weighted by Gasteiger charge is -2.14. The third-order valence-corrected chi connectivity index (χ3v) is 3.83. The first-order valence-corrected chi connectivity index (χ1v) is 8.42. The smallest absolute Gasteiger partial charge is 0.434 e. The van der Waals surface area contributed by atoms with Gasteiger partial charge in [0.1, 0.15) is 10.8 Å². The van der Waals surface area contributed by atoms with E-state index < -0.39 is 45.5 Å². The number of rotatable bonds is 7. The molecule has 2 rings (SSSR count). The minimum Gasteiger partial charge on any atom is -0.472 e. The van der Waals surface area contributed by atoms with Crippen molar-refractivity contribution in [2.75, 3.05) is 6.61 Å². The van der Waals surface area contributed by atoms with Crippen molar-refractivity contribution in [1.29, 1.82) is 0 Å². The summed E-state index contributed by atoms with van der Waals surface area (Å²) in [4.78, 5) is 22.1. The highest BCUT2D eigenvalue weighted by atomic mass is 35.5. The summed E-state index contributed by atoms with van der Waals surface area (Å²) in [6.07, 6.45) is -5.95. The molecule has 0 amide bonds.